The number of halogens is 3. The Morgan fingerprint density at radius 1 is 1.14 bits per heavy atom. The van der Waals surface area contributed by atoms with Gasteiger partial charge in [-0.05, 0) is 37.5 Å². The summed E-state index contributed by atoms with van der Waals surface area (Å²) in [6.07, 6.45) is -0.169. The van der Waals surface area contributed by atoms with Crippen LogP contribution >= 0.6 is 0 Å². The zero-order valence-electron chi connectivity index (χ0n) is 11.2. The van der Waals surface area contributed by atoms with Gasteiger partial charge in [-0.2, -0.15) is 18.3 Å². The molecule has 2 aromatic rings. The first-order valence-corrected chi connectivity index (χ1v) is 6.74. The monoisotopic (exact) mass is 294 g/mol. The molecule has 1 aliphatic carbocycles. The van der Waals surface area contributed by atoms with Crippen molar-refractivity contribution in [1.29, 1.82) is 0 Å². The van der Waals surface area contributed by atoms with E-state index in [-0.39, 0.29) is 5.78 Å². The van der Waals surface area contributed by atoms with Crippen molar-refractivity contribution in [3.05, 3.63) is 47.3 Å². The zero-order chi connectivity index (χ0) is 15.0. The average molecular weight is 294 g/mol. The highest BCUT2D eigenvalue weighted by Gasteiger charge is 2.31. The van der Waals surface area contributed by atoms with E-state index in [4.69, 9.17) is 0 Å². The van der Waals surface area contributed by atoms with Crippen LogP contribution < -0.4 is 0 Å². The number of aromatic nitrogens is 2. The molecule has 0 aliphatic heterocycles. The van der Waals surface area contributed by atoms with Crippen molar-refractivity contribution < 1.29 is 18.0 Å². The predicted octanol–water partition coefficient (Wildman–Crippen LogP) is 3.80. The van der Waals surface area contributed by atoms with Crippen molar-refractivity contribution in [3.8, 4) is 5.69 Å². The summed E-state index contributed by atoms with van der Waals surface area (Å²) in [5.74, 6) is 0.0146. The third-order valence-electron chi connectivity index (χ3n) is 3.65. The number of rotatable bonds is 1. The molecule has 0 atom stereocenters. The van der Waals surface area contributed by atoms with Crippen LogP contribution in [-0.2, 0) is 12.6 Å². The predicted molar refractivity (Wildman–Crippen MR) is 70.5 cm³/mol. The number of hydrogen-bond acceptors (Lipinski definition) is 2. The fraction of sp³-hybridized carbons (Fsp3) is 0.333. The Morgan fingerprint density at radius 3 is 2.67 bits per heavy atom. The van der Waals surface area contributed by atoms with Crippen molar-refractivity contribution in [2.45, 2.75) is 31.9 Å². The molecule has 1 aromatic carbocycles. The lowest BCUT2D eigenvalue weighted by Crippen LogP contribution is -2.08. The highest BCUT2D eigenvalue weighted by Crippen LogP contribution is 2.31. The lowest BCUT2D eigenvalue weighted by Gasteiger charge is -2.11. The summed E-state index contributed by atoms with van der Waals surface area (Å²) in [7, 11) is 0. The minimum Gasteiger partial charge on any atom is -0.294 e. The summed E-state index contributed by atoms with van der Waals surface area (Å²) in [6, 6.07) is 5.00. The Labute approximate surface area is 119 Å². The third kappa shape index (κ3) is 2.57. The third-order valence-corrected chi connectivity index (χ3v) is 3.65. The summed E-state index contributed by atoms with van der Waals surface area (Å²) in [5.41, 5.74) is 0.853. The summed E-state index contributed by atoms with van der Waals surface area (Å²) in [6.45, 7) is 0. The molecule has 6 heteroatoms. The molecule has 0 N–H and O–H groups in total. The number of benzene rings is 1. The van der Waals surface area contributed by atoms with E-state index in [1.165, 1.54) is 16.9 Å². The number of alkyl halides is 3. The molecule has 110 valence electrons. The lowest BCUT2D eigenvalue weighted by atomic mass is 10.1. The van der Waals surface area contributed by atoms with Gasteiger partial charge in [-0.3, -0.25) is 4.79 Å². The van der Waals surface area contributed by atoms with Gasteiger partial charge in [0.1, 0.15) is 0 Å². The van der Waals surface area contributed by atoms with Crippen LogP contribution in [0.5, 0.6) is 0 Å². The van der Waals surface area contributed by atoms with E-state index in [0.29, 0.717) is 29.8 Å². The normalized spacial score (nSPS) is 15.7. The van der Waals surface area contributed by atoms with Gasteiger partial charge < -0.3 is 0 Å². The molecule has 0 bridgehead atoms. The molecule has 0 saturated heterocycles. The molecule has 0 amide bonds. The van der Waals surface area contributed by atoms with E-state index < -0.39 is 11.7 Å². The van der Waals surface area contributed by atoms with Gasteiger partial charge in [0.05, 0.1) is 28.7 Å². The van der Waals surface area contributed by atoms with Crippen molar-refractivity contribution in [2.75, 3.05) is 0 Å². The van der Waals surface area contributed by atoms with Crippen molar-refractivity contribution in [2.24, 2.45) is 0 Å². The molecular formula is C15H13F3N2O. The molecule has 0 fully saturated rings. The SMILES string of the molecule is O=C1CCCCc2c1cnn2-c1cccc(C(F)(F)F)c1. The molecule has 0 spiro atoms. The summed E-state index contributed by atoms with van der Waals surface area (Å²) in [4.78, 5) is 11.9. The van der Waals surface area contributed by atoms with Gasteiger partial charge in [-0.15, -0.1) is 0 Å². The maximum atomic E-state index is 12.8. The van der Waals surface area contributed by atoms with Crippen LogP contribution in [0.4, 0.5) is 13.2 Å². The van der Waals surface area contributed by atoms with Gasteiger partial charge in [0, 0.05) is 6.42 Å². The van der Waals surface area contributed by atoms with Gasteiger partial charge in [0.15, 0.2) is 5.78 Å². The first kappa shape index (κ1) is 13.9. The standard InChI is InChI=1S/C15H13F3N2O/c16-15(17,18)10-4-3-5-11(8-10)20-13-6-1-2-7-14(21)12(13)9-19-20/h3-5,8-9H,1-2,6-7H2. The van der Waals surface area contributed by atoms with Crippen LogP contribution in [0.25, 0.3) is 5.69 Å². The van der Waals surface area contributed by atoms with E-state index in [1.807, 2.05) is 0 Å². The number of nitrogens with zero attached hydrogens (tertiary/aromatic N) is 2. The Balaban J connectivity index is 2.08. The quantitative estimate of drug-likeness (QED) is 0.750. The van der Waals surface area contributed by atoms with E-state index in [1.54, 1.807) is 6.07 Å². The van der Waals surface area contributed by atoms with Crippen molar-refractivity contribution >= 4 is 5.78 Å². The molecule has 3 nitrogen and oxygen atoms in total. The number of ketones is 1. The van der Waals surface area contributed by atoms with Crippen LogP contribution in [-0.4, -0.2) is 15.6 Å². The fourth-order valence-electron chi connectivity index (χ4n) is 2.60. The maximum Gasteiger partial charge on any atom is 0.416 e. The number of carbonyl (C=O) groups is 1. The second kappa shape index (κ2) is 5.02. The molecule has 0 radical (unpaired) electrons. The van der Waals surface area contributed by atoms with Gasteiger partial charge in [0.2, 0.25) is 0 Å². The summed E-state index contributed by atoms with van der Waals surface area (Å²) < 4.78 is 39.8. The van der Waals surface area contributed by atoms with Crippen LogP contribution in [0.3, 0.4) is 0 Å². The summed E-state index contributed by atoms with van der Waals surface area (Å²) >= 11 is 0. The topological polar surface area (TPSA) is 34.9 Å². The van der Waals surface area contributed by atoms with Crippen LogP contribution in [0.2, 0.25) is 0 Å². The largest absolute Gasteiger partial charge is 0.416 e. The molecule has 0 unspecified atom stereocenters. The number of hydrogen-bond donors (Lipinski definition) is 0. The second-order valence-electron chi connectivity index (χ2n) is 5.10. The second-order valence-corrected chi connectivity index (χ2v) is 5.10. The van der Waals surface area contributed by atoms with E-state index in [0.717, 1.165) is 25.0 Å². The highest BCUT2D eigenvalue weighted by molar-refractivity contribution is 5.97. The molecule has 21 heavy (non-hydrogen) atoms. The van der Waals surface area contributed by atoms with Crippen molar-refractivity contribution in [1.82, 2.24) is 9.78 Å². The lowest BCUT2D eigenvalue weighted by molar-refractivity contribution is -0.137. The Morgan fingerprint density at radius 2 is 1.90 bits per heavy atom. The van der Waals surface area contributed by atoms with E-state index in [2.05, 4.69) is 5.10 Å². The molecule has 0 saturated carbocycles. The number of fused-ring (bicyclic) bond motifs is 1. The molecule has 1 aliphatic rings. The van der Waals surface area contributed by atoms with Gasteiger partial charge >= 0.3 is 6.18 Å². The van der Waals surface area contributed by atoms with Crippen LogP contribution in [0.15, 0.2) is 30.5 Å². The molecule has 1 aromatic heterocycles. The number of Topliss-reactive ketones (excluding diaryl/α,β-unsaturated/α-hetero) is 1. The molecule has 1 heterocycles. The van der Waals surface area contributed by atoms with E-state index >= 15 is 0 Å². The summed E-state index contributed by atoms with van der Waals surface area (Å²) in [5, 5.41) is 4.11. The Kier molecular flexibility index (Phi) is 3.31. The molecule has 3 rings (SSSR count). The van der Waals surface area contributed by atoms with Gasteiger partial charge in [-0.1, -0.05) is 6.07 Å². The van der Waals surface area contributed by atoms with Gasteiger partial charge in [0.25, 0.3) is 0 Å². The van der Waals surface area contributed by atoms with Crippen molar-refractivity contribution in [3.63, 3.8) is 0 Å². The van der Waals surface area contributed by atoms with E-state index in [9.17, 15) is 18.0 Å². The first-order valence-electron chi connectivity index (χ1n) is 6.74. The Bertz CT molecular complexity index is 688. The minimum atomic E-state index is -4.39. The Hall–Kier alpha value is -2.11. The van der Waals surface area contributed by atoms with Crippen LogP contribution in [0.1, 0.15) is 40.9 Å². The number of carbonyl (C=O) groups excluding carboxylic acids is 1. The van der Waals surface area contributed by atoms with Gasteiger partial charge in [-0.25, -0.2) is 4.68 Å². The maximum absolute atomic E-state index is 12.8. The van der Waals surface area contributed by atoms with Crippen LogP contribution in [0, 0.1) is 0 Å². The fourth-order valence-corrected chi connectivity index (χ4v) is 2.60. The highest BCUT2D eigenvalue weighted by atomic mass is 19.4. The minimum absolute atomic E-state index is 0.0146. The average Bonchev–Trinajstić information content (AvgIpc) is 2.78. The smallest absolute Gasteiger partial charge is 0.294 e. The zero-order valence-corrected chi connectivity index (χ0v) is 11.2. The molecular weight excluding hydrogens is 281 g/mol. The first-order chi connectivity index (χ1) is 9.97.